The van der Waals surface area contributed by atoms with Crippen molar-refractivity contribution in [3.8, 4) is 0 Å². The van der Waals surface area contributed by atoms with E-state index in [1.165, 1.54) is 17.4 Å². The number of halogens is 2. The van der Waals surface area contributed by atoms with Crippen LogP contribution in [-0.2, 0) is 0 Å². The number of aromatic nitrogens is 1. The number of thiazole rings is 1. The molecule has 1 fully saturated rings. The zero-order valence-corrected chi connectivity index (χ0v) is 15.5. The number of furan rings is 1. The van der Waals surface area contributed by atoms with Crippen LogP contribution in [-0.4, -0.2) is 42.0 Å². The first-order valence-electron chi connectivity index (χ1n) is 8.87. The highest BCUT2D eigenvalue weighted by Crippen LogP contribution is 2.31. The maximum absolute atomic E-state index is 13.9. The first-order valence-corrected chi connectivity index (χ1v) is 9.68. The van der Waals surface area contributed by atoms with Gasteiger partial charge in [0.2, 0.25) is 0 Å². The van der Waals surface area contributed by atoms with Gasteiger partial charge in [-0.25, -0.2) is 13.8 Å². The number of piperazine rings is 1. The normalized spacial score (nSPS) is 14.9. The second-order valence-electron chi connectivity index (χ2n) is 6.66. The standard InChI is InChI=1S/C20H15F2N3O2S/c21-13-10-14(22)18-17(11-13)28-20(23-18)25-7-5-24(6-8-25)19(26)16-9-12-3-1-2-4-15(12)27-16/h1-4,9-11H,5-8H2. The van der Waals surface area contributed by atoms with Crippen LogP contribution < -0.4 is 4.90 Å². The monoisotopic (exact) mass is 399 g/mol. The smallest absolute Gasteiger partial charge is 0.289 e. The van der Waals surface area contributed by atoms with Crippen molar-refractivity contribution in [1.82, 2.24) is 9.88 Å². The van der Waals surface area contributed by atoms with Crippen molar-refractivity contribution in [2.45, 2.75) is 0 Å². The maximum Gasteiger partial charge on any atom is 0.289 e. The third-order valence-corrected chi connectivity index (χ3v) is 5.94. The van der Waals surface area contributed by atoms with Crippen LogP contribution in [0.25, 0.3) is 21.2 Å². The molecule has 0 aliphatic carbocycles. The highest BCUT2D eigenvalue weighted by atomic mass is 32.1. The molecule has 3 heterocycles. The zero-order chi connectivity index (χ0) is 19.3. The molecule has 0 bridgehead atoms. The summed E-state index contributed by atoms with van der Waals surface area (Å²) in [5.41, 5.74) is 0.871. The molecule has 0 saturated carbocycles. The number of benzene rings is 2. The molecule has 1 saturated heterocycles. The number of hydrogen-bond acceptors (Lipinski definition) is 5. The maximum atomic E-state index is 13.9. The lowest BCUT2D eigenvalue weighted by atomic mass is 10.2. The van der Waals surface area contributed by atoms with Crippen LogP contribution in [0.3, 0.4) is 0 Å². The minimum absolute atomic E-state index is 0.145. The van der Waals surface area contributed by atoms with Crippen molar-refractivity contribution in [3.05, 3.63) is 59.9 Å². The predicted octanol–water partition coefficient (Wildman–Crippen LogP) is 4.28. The molecule has 2 aromatic carbocycles. The Labute approximate surface area is 162 Å². The molecular weight excluding hydrogens is 384 g/mol. The molecule has 8 heteroatoms. The Morgan fingerprint density at radius 2 is 1.86 bits per heavy atom. The van der Waals surface area contributed by atoms with E-state index in [2.05, 4.69) is 4.98 Å². The summed E-state index contributed by atoms with van der Waals surface area (Å²) in [7, 11) is 0. The van der Waals surface area contributed by atoms with Crippen LogP contribution in [0.5, 0.6) is 0 Å². The topological polar surface area (TPSA) is 49.6 Å². The summed E-state index contributed by atoms with van der Waals surface area (Å²) in [5.74, 6) is -1.09. The van der Waals surface area contributed by atoms with Gasteiger partial charge in [0.05, 0.1) is 4.70 Å². The van der Waals surface area contributed by atoms with E-state index in [0.717, 1.165) is 11.5 Å². The molecule has 1 aliphatic rings. The SMILES string of the molecule is O=C(c1cc2ccccc2o1)N1CCN(c2nc3c(F)cc(F)cc3s2)CC1. The number of carbonyl (C=O) groups is 1. The van der Waals surface area contributed by atoms with E-state index < -0.39 is 11.6 Å². The number of rotatable bonds is 2. The molecule has 2 aromatic heterocycles. The molecular formula is C20H15F2N3O2S. The van der Waals surface area contributed by atoms with Gasteiger partial charge in [0.15, 0.2) is 16.7 Å². The van der Waals surface area contributed by atoms with Crippen molar-refractivity contribution in [3.63, 3.8) is 0 Å². The summed E-state index contributed by atoms with van der Waals surface area (Å²) < 4.78 is 33.4. The molecule has 5 nitrogen and oxygen atoms in total. The lowest BCUT2D eigenvalue weighted by Crippen LogP contribution is -2.48. The van der Waals surface area contributed by atoms with Crippen LogP contribution in [0.4, 0.5) is 13.9 Å². The van der Waals surface area contributed by atoms with Gasteiger partial charge in [0.25, 0.3) is 5.91 Å². The fraction of sp³-hybridized carbons (Fsp3) is 0.200. The van der Waals surface area contributed by atoms with E-state index in [1.54, 1.807) is 11.0 Å². The highest BCUT2D eigenvalue weighted by Gasteiger charge is 2.26. The quantitative estimate of drug-likeness (QED) is 0.505. The number of nitrogens with zero attached hydrogens (tertiary/aromatic N) is 3. The van der Waals surface area contributed by atoms with Gasteiger partial charge in [-0.1, -0.05) is 29.5 Å². The lowest BCUT2D eigenvalue weighted by Gasteiger charge is -2.34. The minimum atomic E-state index is -0.656. The van der Waals surface area contributed by atoms with E-state index in [4.69, 9.17) is 4.42 Å². The summed E-state index contributed by atoms with van der Waals surface area (Å²) in [6.07, 6.45) is 0. The fourth-order valence-electron chi connectivity index (χ4n) is 3.42. The Morgan fingerprint density at radius 1 is 1.07 bits per heavy atom. The van der Waals surface area contributed by atoms with Crippen LogP contribution in [0.2, 0.25) is 0 Å². The average Bonchev–Trinajstić information content (AvgIpc) is 3.32. The van der Waals surface area contributed by atoms with Crippen molar-refractivity contribution in [1.29, 1.82) is 0 Å². The Morgan fingerprint density at radius 3 is 2.64 bits per heavy atom. The number of anilines is 1. The Bertz CT molecular complexity index is 1160. The number of carbonyl (C=O) groups excluding carboxylic acids is 1. The van der Waals surface area contributed by atoms with Gasteiger partial charge in [-0.3, -0.25) is 4.79 Å². The van der Waals surface area contributed by atoms with Crippen molar-refractivity contribution in [2.75, 3.05) is 31.1 Å². The van der Waals surface area contributed by atoms with Crippen LogP contribution in [0.1, 0.15) is 10.6 Å². The van der Waals surface area contributed by atoms with Crippen LogP contribution in [0.15, 0.2) is 46.9 Å². The van der Waals surface area contributed by atoms with Gasteiger partial charge in [-0.15, -0.1) is 0 Å². The van der Waals surface area contributed by atoms with Gasteiger partial charge >= 0.3 is 0 Å². The third-order valence-electron chi connectivity index (χ3n) is 4.88. The zero-order valence-electron chi connectivity index (χ0n) is 14.7. The summed E-state index contributed by atoms with van der Waals surface area (Å²) in [6, 6.07) is 11.4. The molecule has 142 valence electrons. The lowest BCUT2D eigenvalue weighted by molar-refractivity contribution is 0.0717. The van der Waals surface area contributed by atoms with Crippen molar-refractivity contribution in [2.24, 2.45) is 0 Å². The second kappa shape index (κ2) is 6.56. The number of hydrogen-bond donors (Lipinski definition) is 0. The van der Waals surface area contributed by atoms with E-state index in [1.807, 2.05) is 29.2 Å². The third kappa shape index (κ3) is 2.90. The number of amides is 1. The fourth-order valence-corrected chi connectivity index (χ4v) is 4.48. The summed E-state index contributed by atoms with van der Waals surface area (Å²) >= 11 is 1.25. The van der Waals surface area contributed by atoms with Crippen LogP contribution >= 0.6 is 11.3 Å². The Kier molecular flexibility index (Phi) is 4.01. The second-order valence-corrected chi connectivity index (χ2v) is 7.67. The largest absolute Gasteiger partial charge is 0.451 e. The summed E-state index contributed by atoms with van der Waals surface area (Å²) in [4.78, 5) is 20.8. The molecule has 4 aromatic rings. The van der Waals surface area contributed by atoms with E-state index in [9.17, 15) is 13.6 Å². The van der Waals surface area contributed by atoms with Crippen LogP contribution in [0, 0.1) is 11.6 Å². The average molecular weight is 399 g/mol. The number of para-hydroxylation sites is 1. The minimum Gasteiger partial charge on any atom is -0.451 e. The van der Waals surface area contributed by atoms with Crippen molar-refractivity contribution >= 4 is 43.6 Å². The summed E-state index contributed by atoms with van der Waals surface area (Å²) in [6.45, 7) is 2.14. The molecule has 28 heavy (non-hydrogen) atoms. The predicted molar refractivity (Wildman–Crippen MR) is 104 cm³/mol. The van der Waals surface area contributed by atoms with Gasteiger partial charge < -0.3 is 14.2 Å². The first-order chi connectivity index (χ1) is 13.6. The molecule has 0 spiro atoms. The Balaban J connectivity index is 1.32. The number of fused-ring (bicyclic) bond motifs is 2. The van der Waals surface area contributed by atoms with Gasteiger partial charge in [0, 0.05) is 37.6 Å². The van der Waals surface area contributed by atoms with E-state index >= 15 is 0 Å². The van der Waals surface area contributed by atoms with E-state index in [-0.39, 0.29) is 11.4 Å². The van der Waals surface area contributed by atoms with Gasteiger partial charge in [0.1, 0.15) is 16.9 Å². The molecule has 0 unspecified atom stereocenters. The molecule has 0 atom stereocenters. The van der Waals surface area contributed by atoms with E-state index in [0.29, 0.717) is 47.4 Å². The molecule has 5 rings (SSSR count). The van der Waals surface area contributed by atoms with Gasteiger partial charge in [-0.05, 0) is 18.2 Å². The molecule has 1 aliphatic heterocycles. The summed E-state index contributed by atoms with van der Waals surface area (Å²) in [5, 5.41) is 1.53. The highest BCUT2D eigenvalue weighted by molar-refractivity contribution is 7.22. The van der Waals surface area contributed by atoms with Gasteiger partial charge in [-0.2, -0.15) is 0 Å². The molecule has 0 radical (unpaired) electrons. The molecule has 1 amide bonds. The van der Waals surface area contributed by atoms with Crippen molar-refractivity contribution < 1.29 is 18.0 Å². The molecule has 0 N–H and O–H groups in total. The first kappa shape index (κ1) is 17.1. The Hall–Kier alpha value is -3.00.